The van der Waals surface area contributed by atoms with Gasteiger partial charge in [0.2, 0.25) is 0 Å². The predicted molar refractivity (Wildman–Crippen MR) is 129 cm³/mol. The zero-order chi connectivity index (χ0) is 24.1. The monoisotopic (exact) mass is 480 g/mol. The van der Waals surface area contributed by atoms with Crippen LogP contribution in [0.5, 0.6) is 0 Å². The third-order valence-electron chi connectivity index (χ3n) is 5.63. The first-order chi connectivity index (χ1) is 16.3. The zero-order valence-corrected chi connectivity index (χ0v) is 19.1. The molecule has 1 saturated heterocycles. The molecule has 4 rings (SSSR count). The van der Waals surface area contributed by atoms with Crippen LogP contribution in [-0.2, 0) is 16.6 Å². The Morgan fingerprint density at radius 1 is 0.971 bits per heavy atom. The standard InChI is InChI=1S/C24H24N4O5S/c29-24(25-17-18-8-1-4-13-23(18)27-14-5-6-15-27)21-11-2-3-12-22(21)26-34(32,33)20-10-7-9-19(16-20)28(30)31/h1-4,7-13,16,26H,5-6,14-15,17H2,(H,25,29). The number of amides is 1. The molecule has 176 valence electrons. The molecule has 10 heteroatoms. The zero-order valence-electron chi connectivity index (χ0n) is 18.3. The number of non-ortho nitro benzene ring substituents is 1. The van der Waals surface area contributed by atoms with E-state index in [0.717, 1.165) is 43.2 Å². The first-order valence-corrected chi connectivity index (χ1v) is 12.3. The lowest BCUT2D eigenvalue weighted by Gasteiger charge is -2.21. The van der Waals surface area contributed by atoms with Gasteiger partial charge in [0.15, 0.2) is 0 Å². The Balaban J connectivity index is 1.52. The SMILES string of the molecule is O=C(NCc1ccccc1N1CCCC1)c1ccccc1NS(=O)(=O)c1cccc([N+](=O)[O-])c1. The molecule has 1 amide bonds. The average molecular weight is 481 g/mol. The topological polar surface area (TPSA) is 122 Å². The number of benzene rings is 3. The van der Waals surface area contributed by atoms with Crippen LogP contribution in [0, 0.1) is 10.1 Å². The molecular formula is C24H24N4O5S. The fourth-order valence-corrected chi connectivity index (χ4v) is 5.05. The Morgan fingerprint density at radius 2 is 1.68 bits per heavy atom. The van der Waals surface area contributed by atoms with Crippen LogP contribution in [0.15, 0.2) is 77.7 Å². The van der Waals surface area contributed by atoms with Gasteiger partial charge in [-0.2, -0.15) is 0 Å². The molecule has 34 heavy (non-hydrogen) atoms. The first-order valence-electron chi connectivity index (χ1n) is 10.8. The van der Waals surface area contributed by atoms with Gasteiger partial charge in [-0.05, 0) is 42.7 Å². The van der Waals surface area contributed by atoms with Crippen LogP contribution in [-0.4, -0.2) is 32.3 Å². The third kappa shape index (κ3) is 5.18. The highest BCUT2D eigenvalue weighted by molar-refractivity contribution is 7.92. The van der Waals surface area contributed by atoms with Gasteiger partial charge < -0.3 is 10.2 Å². The summed E-state index contributed by atoms with van der Waals surface area (Å²) in [5.41, 5.74) is 1.95. The molecule has 0 aromatic heterocycles. The van der Waals surface area contributed by atoms with E-state index in [1.807, 2.05) is 24.3 Å². The molecule has 9 nitrogen and oxygen atoms in total. The smallest absolute Gasteiger partial charge is 0.270 e. The number of para-hydroxylation sites is 2. The third-order valence-corrected chi connectivity index (χ3v) is 7.00. The van der Waals surface area contributed by atoms with Gasteiger partial charge in [-0.1, -0.05) is 36.4 Å². The van der Waals surface area contributed by atoms with Crippen molar-refractivity contribution in [3.63, 3.8) is 0 Å². The van der Waals surface area contributed by atoms with Gasteiger partial charge in [0.05, 0.1) is 21.1 Å². The molecule has 1 aliphatic rings. The summed E-state index contributed by atoms with van der Waals surface area (Å²) in [6.45, 7) is 2.25. The first kappa shape index (κ1) is 23.2. The van der Waals surface area contributed by atoms with Crippen molar-refractivity contribution in [2.24, 2.45) is 0 Å². The second-order valence-corrected chi connectivity index (χ2v) is 9.59. The van der Waals surface area contributed by atoms with Crippen molar-refractivity contribution in [2.45, 2.75) is 24.3 Å². The van der Waals surface area contributed by atoms with Gasteiger partial charge in [0, 0.05) is 37.5 Å². The van der Waals surface area contributed by atoms with Gasteiger partial charge in [0.1, 0.15) is 0 Å². The van der Waals surface area contributed by atoms with Gasteiger partial charge in [-0.3, -0.25) is 19.6 Å². The number of nitrogens with one attached hydrogen (secondary N) is 2. The number of carbonyl (C=O) groups excluding carboxylic acids is 1. The van der Waals surface area contributed by atoms with Crippen molar-refractivity contribution in [3.05, 3.63) is 94.0 Å². The number of hydrogen-bond acceptors (Lipinski definition) is 6. The molecule has 0 radical (unpaired) electrons. The summed E-state index contributed by atoms with van der Waals surface area (Å²) in [6.07, 6.45) is 2.28. The summed E-state index contributed by atoms with van der Waals surface area (Å²) in [5, 5.41) is 13.9. The largest absolute Gasteiger partial charge is 0.371 e. The Bertz CT molecular complexity index is 1320. The fourth-order valence-electron chi connectivity index (χ4n) is 3.94. The Hall–Kier alpha value is -3.92. The molecule has 1 heterocycles. The molecule has 0 spiro atoms. The average Bonchev–Trinajstić information content (AvgIpc) is 3.38. The molecule has 2 N–H and O–H groups in total. The number of nitro benzene ring substituents is 1. The van der Waals surface area contributed by atoms with Crippen LogP contribution in [0.3, 0.4) is 0 Å². The van der Waals surface area contributed by atoms with E-state index in [-0.39, 0.29) is 28.4 Å². The lowest BCUT2D eigenvalue weighted by molar-refractivity contribution is -0.385. The highest BCUT2D eigenvalue weighted by Crippen LogP contribution is 2.25. The molecule has 0 atom stereocenters. The summed E-state index contributed by atoms with van der Waals surface area (Å²) < 4.78 is 28.1. The van der Waals surface area contributed by atoms with Gasteiger partial charge in [0.25, 0.3) is 21.6 Å². The molecule has 0 saturated carbocycles. The molecule has 0 aliphatic carbocycles. The van der Waals surface area contributed by atoms with Crippen molar-refractivity contribution in [2.75, 3.05) is 22.7 Å². The van der Waals surface area contributed by atoms with Crippen molar-refractivity contribution >= 4 is 33.0 Å². The predicted octanol–water partition coefficient (Wildman–Crippen LogP) is 3.93. The highest BCUT2D eigenvalue weighted by Gasteiger charge is 2.21. The Labute approximate surface area is 197 Å². The van der Waals surface area contributed by atoms with E-state index in [2.05, 4.69) is 14.9 Å². The quantitative estimate of drug-likeness (QED) is 0.372. The maximum atomic E-state index is 13.0. The lowest BCUT2D eigenvalue weighted by Crippen LogP contribution is -2.26. The van der Waals surface area contributed by atoms with Crippen molar-refractivity contribution in [1.82, 2.24) is 5.32 Å². The van der Waals surface area contributed by atoms with E-state index in [0.29, 0.717) is 0 Å². The Kier molecular flexibility index (Phi) is 6.78. The summed E-state index contributed by atoms with van der Waals surface area (Å²) in [6, 6.07) is 18.9. The molecule has 3 aromatic rings. The van der Waals surface area contributed by atoms with E-state index in [1.54, 1.807) is 12.1 Å². The van der Waals surface area contributed by atoms with Gasteiger partial charge >= 0.3 is 0 Å². The molecule has 3 aromatic carbocycles. The molecule has 1 aliphatic heterocycles. The van der Waals surface area contributed by atoms with E-state index in [1.165, 1.54) is 30.3 Å². The van der Waals surface area contributed by atoms with E-state index < -0.39 is 20.9 Å². The molecule has 0 bridgehead atoms. The van der Waals surface area contributed by atoms with E-state index in [4.69, 9.17) is 0 Å². The van der Waals surface area contributed by atoms with Gasteiger partial charge in [-0.25, -0.2) is 8.42 Å². The number of rotatable bonds is 8. The van der Waals surface area contributed by atoms with Crippen molar-refractivity contribution in [3.8, 4) is 0 Å². The summed E-state index contributed by atoms with van der Waals surface area (Å²) in [7, 11) is -4.15. The van der Waals surface area contributed by atoms with Crippen LogP contribution >= 0.6 is 0 Å². The van der Waals surface area contributed by atoms with Crippen molar-refractivity contribution in [1.29, 1.82) is 0 Å². The summed E-state index contributed by atoms with van der Waals surface area (Å²) in [4.78, 5) is 25.4. The summed E-state index contributed by atoms with van der Waals surface area (Å²) in [5.74, 6) is -0.437. The van der Waals surface area contributed by atoms with Crippen molar-refractivity contribution < 1.29 is 18.1 Å². The molecule has 0 unspecified atom stereocenters. The second-order valence-electron chi connectivity index (χ2n) is 7.91. The van der Waals surface area contributed by atoms with Crippen LogP contribution in [0.1, 0.15) is 28.8 Å². The van der Waals surface area contributed by atoms with E-state index in [9.17, 15) is 23.3 Å². The maximum Gasteiger partial charge on any atom is 0.270 e. The maximum absolute atomic E-state index is 13.0. The van der Waals surface area contributed by atoms with Crippen LogP contribution in [0.2, 0.25) is 0 Å². The number of carbonyl (C=O) groups is 1. The minimum absolute atomic E-state index is 0.0827. The fraction of sp³-hybridized carbons (Fsp3) is 0.208. The summed E-state index contributed by atoms with van der Waals surface area (Å²) >= 11 is 0. The van der Waals surface area contributed by atoms with E-state index >= 15 is 0 Å². The molecular weight excluding hydrogens is 456 g/mol. The lowest BCUT2D eigenvalue weighted by atomic mass is 10.1. The molecule has 1 fully saturated rings. The second kappa shape index (κ2) is 9.92. The number of hydrogen-bond donors (Lipinski definition) is 2. The minimum Gasteiger partial charge on any atom is -0.371 e. The highest BCUT2D eigenvalue weighted by atomic mass is 32.2. The van der Waals surface area contributed by atoms with Crippen LogP contribution in [0.25, 0.3) is 0 Å². The number of anilines is 2. The number of nitrogens with zero attached hydrogens (tertiary/aromatic N) is 2. The minimum atomic E-state index is -4.15. The van der Waals surface area contributed by atoms with Crippen LogP contribution in [0.4, 0.5) is 17.1 Å². The van der Waals surface area contributed by atoms with Gasteiger partial charge in [-0.15, -0.1) is 0 Å². The number of sulfonamides is 1. The van der Waals surface area contributed by atoms with Crippen LogP contribution < -0.4 is 14.9 Å². The Morgan fingerprint density at radius 3 is 2.44 bits per heavy atom. The number of nitro groups is 1. The normalized spacial score (nSPS) is 13.5.